The van der Waals surface area contributed by atoms with E-state index in [1.54, 1.807) is 4.90 Å². The number of hydrogen-bond donors (Lipinski definition) is 2. The number of nitrogens with one attached hydrogen (secondary N) is 2. The number of carbonyl (C=O) groups is 1. The van der Waals surface area contributed by atoms with Gasteiger partial charge in [0.25, 0.3) is 0 Å². The van der Waals surface area contributed by atoms with Crippen molar-refractivity contribution in [2.45, 2.75) is 13.3 Å². The van der Waals surface area contributed by atoms with Crippen molar-refractivity contribution in [3.8, 4) is 0 Å². The third-order valence-electron chi connectivity index (χ3n) is 2.36. The summed E-state index contributed by atoms with van der Waals surface area (Å²) < 4.78 is 0.734. The van der Waals surface area contributed by atoms with Crippen molar-refractivity contribution in [3.05, 3.63) is 14.5 Å². The second-order valence-corrected chi connectivity index (χ2v) is 5.43. The van der Waals surface area contributed by atoms with Gasteiger partial charge in [-0.2, -0.15) is 0 Å². The summed E-state index contributed by atoms with van der Waals surface area (Å²) in [6.45, 7) is 3.48. The van der Waals surface area contributed by atoms with Gasteiger partial charge in [-0.05, 0) is 26.2 Å². The van der Waals surface area contributed by atoms with Crippen molar-refractivity contribution in [2.75, 3.05) is 27.2 Å². The van der Waals surface area contributed by atoms with E-state index in [4.69, 9.17) is 12.2 Å². The van der Waals surface area contributed by atoms with Crippen LogP contribution in [-0.4, -0.2) is 43.0 Å². The Hall–Kier alpha value is -0.720. The predicted octanol–water partition coefficient (Wildman–Crippen LogP) is 1.33. The van der Waals surface area contributed by atoms with E-state index in [1.165, 1.54) is 11.3 Å². The van der Waals surface area contributed by atoms with E-state index in [9.17, 15) is 4.79 Å². The van der Waals surface area contributed by atoms with E-state index in [0.29, 0.717) is 6.42 Å². The van der Waals surface area contributed by atoms with Crippen molar-refractivity contribution >= 4 is 29.5 Å². The van der Waals surface area contributed by atoms with Crippen LogP contribution in [0.3, 0.4) is 0 Å². The zero-order chi connectivity index (χ0) is 12.1. The summed E-state index contributed by atoms with van der Waals surface area (Å²) in [4.78, 5) is 17.7. The largest absolute Gasteiger partial charge is 0.344 e. The van der Waals surface area contributed by atoms with Gasteiger partial charge < -0.3 is 15.2 Å². The van der Waals surface area contributed by atoms with Crippen molar-refractivity contribution in [3.63, 3.8) is 0 Å². The summed E-state index contributed by atoms with van der Waals surface area (Å²) in [5.41, 5.74) is 1.00. The van der Waals surface area contributed by atoms with E-state index in [1.807, 2.05) is 21.0 Å². The van der Waals surface area contributed by atoms with Gasteiger partial charge in [0.2, 0.25) is 5.91 Å². The summed E-state index contributed by atoms with van der Waals surface area (Å²) in [5, 5.41) is 3.02. The number of aromatic amines is 1. The molecule has 4 nitrogen and oxygen atoms in total. The van der Waals surface area contributed by atoms with E-state index in [2.05, 4.69) is 10.3 Å². The van der Waals surface area contributed by atoms with Crippen LogP contribution in [-0.2, 0) is 11.2 Å². The molecule has 6 heteroatoms. The molecule has 0 radical (unpaired) electrons. The lowest BCUT2D eigenvalue weighted by Crippen LogP contribution is -2.33. The first-order valence-corrected chi connectivity index (χ1v) is 6.34. The molecule has 0 fully saturated rings. The minimum atomic E-state index is 0.128. The van der Waals surface area contributed by atoms with Crippen molar-refractivity contribution < 1.29 is 4.79 Å². The molecule has 2 N–H and O–H groups in total. The highest BCUT2D eigenvalue weighted by atomic mass is 32.1. The summed E-state index contributed by atoms with van der Waals surface area (Å²) in [6, 6.07) is 0. The molecule has 1 aromatic rings. The van der Waals surface area contributed by atoms with Gasteiger partial charge >= 0.3 is 0 Å². The molecule has 0 spiro atoms. The maximum Gasteiger partial charge on any atom is 0.227 e. The molecule has 0 aromatic carbocycles. The van der Waals surface area contributed by atoms with E-state index in [-0.39, 0.29) is 5.91 Å². The average Bonchev–Trinajstić information content (AvgIpc) is 2.53. The molecular weight excluding hydrogens is 242 g/mol. The van der Waals surface area contributed by atoms with Crippen LogP contribution in [0.5, 0.6) is 0 Å². The summed E-state index contributed by atoms with van der Waals surface area (Å²) >= 11 is 6.52. The van der Waals surface area contributed by atoms with E-state index < -0.39 is 0 Å². The minimum absolute atomic E-state index is 0.128. The smallest absolute Gasteiger partial charge is 0.227 e. The van der Waals surface area contributed by atoms with Gasteiger partial charge in [-0.25, -0.2) is 0 Å². The molecule has 0 bridgehead atoms. The fourth-order valence-corrected chi connectivity index (χ4v) is 2.56. The molecule has 0 unspecified atom stereocenters. The molecule has 1 heterocycles. The minimum Gasteiger partial charge on any atom is -0.344 e. The number of thiazole rings is 1. The first-order valence-electron chi connectivity index (χ1n) is 5.11. The topological polar surface area (TPSA) is 48.1 Å². The lowest BCUT2D eigenvalue weighted by molar-refractivity contribution is -0.129. The predicted molar refractivity (Wildman–Crippen MR) is 69.5 cm³/mol. The first-order chi connectivity index (χ1) is 7.54. The molecular formula is C10H17N3OS2. The van der Waals surface area contributed by atoms with Crippen LogP contribution >= 0.6 is 23.6 Å². The number of amides is 1. The lowest BCUT2D eigenvalue weighted by Gasteiger charge is -2.16. The maximum absolute atomic E-state index is 11.8. The standard InChI is InChI=1S/C10H17N3OS2/c1-7-8(16-10(15)12-7)6-9(14)13(3)5-4-11-2/h11H,4-6H2,1-3H3,(H,12,15). The van der Waals surface area contributed by atoms with Gasteiger partial charge in [-0.3, -0.25) is 4.79 Å². The highest BCUT2D eigenvalue weighted by Crippen LogP contribution is 2.15. The third kappa shape index (κ3) is 3.70. The van der Waals surface area contributed by atoms with Crippen molar-refractivity contribution in [2.24, 2.45) is 0 Å². The van der Waals surface area contributed by atoms with Crippen LogP contribution in [0.1, 0.15) is 10.6 Å². The molecule has 0 saturated carbocycles. The third-order valence-corrected chi connectivity index (χ3v) is 3.69. The van der Waals surface area contributed by atoms with Crippen LogP contribution < -0.4 is 5.32 Å². The van der Waals surface area contributed by atoms with Gasteiger partial charge in [-0.1, -0.05) is 0 Å². The lowest BCUT2D eigenvalue weighted by atomic mass is 10.3. The molecule has 16 heavy (non-hydrogen) atoms. The number of aromatic nitrogens is 1. The van der Waals surface area contributed by atoms with Gasteiger partial charge in [0.15, 0.2) is 3.95 Å². The molecule has 0 atom stereocenters. The highest BCUT2D eigenvalue weighted by molar-refractivity contribution is 7.73. The van der Waals surface area contributed by atoms with Gasteiger partial charge in [0, 0.05) is 30.7 Å². The Labute approximate surface area is 105 Å². The summed E-state index contributed by atoms with van der Waals surface area (Å²) in [5.74, 6) is 0.128. The fourth-order valence-electron chi connectivity index (χ4n) is 1.28. The summed E-state index contributed by atoms with van der Waals surface area (Å²) in [7, 11) is 3.70. The van der Waals surface area contributed by atoms with Gasteiger partial charge in [0.1, 0.15) is 0 Å². The van der Waals surface area contributed by atoms with Gasteiger partial charge in [-0.15, -0.1) is 11.3 Å². The van der Waals surface area contributed by atoms with Crippen LogP contribution in [0.2, 0.25) is 0 Å². The zero-order valence-corrected chi connectivity index (χ0v) is 11.4. The number of likely N-dealkylation sites (N-methyl/N-ethyl adjacent to an activating group) is 2. The van der Waals surface area contributed by atoms with Crippen molar-refractivity contribution in [1.29, 1.82) is 0 Å². The Bertz CT molecular complexity index is 410. The van der Waals surface area contributed by atoms with Crippen LogP contribution in [0, 0.1) is 10.9 Å². The SMILES string of the molecule is CNCCN(C)C(=O)Cc1sc(=S)[nH]c1C. The van der Waals surface area contributed by atoms with Crippen molar-refractivity contribution in [1.82, 2.24) is 15.2 Å². The maximum atomic E-state index is 11.8. The molecule has 1 aromatic heterocycles. The molecule has 0 aliphatic rings. The molecule has 90 valence electrons. The summed E-state index contributed by atoms with van der Waals surface area (Å²) in [6.07, 6.45) is 0.434. The molecule has 1 rings (SSSR count). The second kappa shape index (κ2) is 6.12. The Morgan fingerprint density at radius 3 is 2.81 bits per heavy atom. The quantitative estimate of drug-likeness (QED) is 0.784. The molecule has 0 aliphatic carbocycles. The number of rotatable bonds is 5. The Balaban J connectivity index is 2.57. The van der Waals surface area contributed by atoms with Crippen LogP contribution in [0.15, 0.2) is 0 Å². The highest BCUT2D eigenvalue weighted by Gasteiger charge is 2.12. The van der Waals surface area contributed by atoms with Crippen LogP contribution in [0.25, 0.3) is 0 Å². The second-order valence-electron chi connectivity index (χ2n) is 3.66. The molecule has 1 amide bonds. The normalized spacial score (nSPS) is 10.4. The Morgan fingerprint density at radius 1 is 1.62 bits per heavy atom. The van der Waals surface area contributed by atoms with E-state index >= 15 is 0 Å². The number of hydrogen-bond acceptors (Lipinski definition) is 4. The first kappa shape index (κ1) is 13.3. The Kier molecular flexibility index (Phi) is 5.11. The molecule has 0 saturated heterocycles. The number of nitrogens with zero attached hydrogens (tertiary/aromatic N) is 1. The zero-order valence-electron chi connectivity index (χ0n) is 9.79. The van der Waals surface area contributed by atoms with E-state index in [0.717, 1.165) is 27.6 Å². The number of carbonyl (C=O) groups excluding carboxylic acids is 1. The van der Waals surface area contributed by atoms with Gasteiger partial charge in [0.05, 0.1) is 6.42 Å². The average molecular weight is 259 g/mol. The number of H-pyrrole nitrogens is 1. The fraction of sp³-hybridized carbons (Fsp3) is 0.600. The molecule has 0 aliphatic heterocycles. The number of aryl methyl sites for hydroxylation is 1. The monoisotopic (exact) mass is 259 g/mol. The van der Waals surface area contributed by atoms with Crippen LogP contribution in [0.4, 0.5) is 0 Å². The Morgan fingerprint density at radius 2 is 2.31 bits per heavy atom.